The van der Waals surface area contributed by atoms with Crippen molar-refractivity contribution in [2.45, 2.75) is 13.3 Å². The first-order valence-corrected chi connectivity index (χ1v) is 2.64. The van der Waals surface area contributed by atoms with Gasteiger partial charge in [0.25, 0.3) is 0 Å². The zero-order chi connectivity index (χ0) is 5.11. The van der Waals surface area contributed by atoms with E-state index < -0.39 is 0 Å². The second-order valence-electron chi connectivity index (χ2n) is 1.65. The third-order valence-corrected chi connectivity index (χ3v) is 1.14. The molecule has 8 heavy (non-hydrogen) atoms. The maximum absolute atomic E-state index is 2.16. The average Bonchev–Trinajstić information content (AvgIpc) is 2.14. The number of hydrogen-bond acceptors (Lipinski definition) is 0. The van der Waals surface area contributed by atoms with Crippen LogP contribution in [-0.4, -0.2) is 0 Å². The summed E-state index contributed by atoms with van der Waals surface area (Å²) in [5, 5.41) is 0. The number of rotatable bonds is 1. The van der Waals surface area contributed by atoms with Crippen LogP contribution in [0.1, 0.15) is 12.5 Å². The van der Waals surface area contributed by atoms with Crippen molar-refractivity contribution >= 4 is 0 Å². The summed E-state index contributed by atoms with van der Waals surface area (Å²) in [4.78, 5) is 0. The van der Waals surface area contributed by atoms with Gasteiger partial charge in [0.05, 0.1) is 0 Å². The molecule has 0 aliphatic carbocycles. The Morgan fingerprint density at radius 2 is 2.38 bits per heavy atom. The van der Waals surface area contributed by atoms with Gasteiger partial charge in [0, 0.05) is 0 Å². The number of hydrogen-bond donors (Lipinski definition) is 0. The van der Waals surface area contributed by atoms with Crippen LogP contribution >= 0.6 is 0 Å². The molecule has 0 atom stereocenters. The first-order valence-electron chi connectivity index (χ1n) is 2.64. The van der Waals surface area contributed by atoms with Gasteiger partial charge in [-0.25, -0.2) is 6.07 Å². The van der Waals surface area contributed by atoms with Gasteiger partial charge < -0.3 is 0 Å². The quantitative estimate of drug-likeness (QED) is 0.313. The van der Waals surface area contributed by atoms with E-state index in [1.54, 1.807) is 0 Å². The molecule has 0 unspecified atom stereocenters. The molecule has 1 rings (SSSR count). The normalized spacial score (nSPS) is 8.12. The Kier molecular flexibility index (Phi) is 3.87. The molecule has 0 spiro atoms. The molecule has 0 radical (unpaired) electrons. The molecule has 0 aliphatic heterocycles. The maximum atomic E-state index is 2.16. The molecule has 0 bridgehead atoms. The molecule has 0 saturated heterocycles. The molecule has 0 saturated carbocycles. The van der Waals surface area contributed by atoms with Crippen LogP contribution in [0.3, 0.4) is 0 Å². The molecule has 0 aliphatic rings. The Morgan fingerprint density at radius 1 is 1.62 bits per heavy atom. The molecule has 0 fully saturated rings. The second-order valence-corrected chi connectivity index (χ2v) is 1.65. The Balaban J connectivity index is 0.000000490. The smallest absolute Gasteiger partial charge is 0.211 e. The van der Waals surface area contributed by atoms with Crippen LogP contribution in [0, 0.1) is 0 Å². The minimum atomic E-state index is 0. The monoisotopic (exact) mass is 100 g/mol. The van der Waals surface area contributed by atoms with Gasteiger partial charge in [-0.2, -0.15) is 23.8 Å². The van der Waals surface area contributed by atoms with Gasteiger partial charge >= 0.3 is 18.9 Å². The van der Waals surface area contributed by atoms with E-state index in [0.717, 1.165) is 6.42 Å². The standard InChI is InChI=1S/C7H9.Li/c1-2-7-5-3-4-6-7;/h3-6H,2H2,1H3;/q-1;+1. The van der Waals surface area contributed by atoms with Crippen LogP contribution in [0.2, 0.25) is 0 Å². The van der Waals surface area contributed by atoms with E-state index in [1.165, 1.54) is 5.56 Å². The van der Waals surface area contributed by atoms with Crippen LogP contribution in [0.4, 0.5) is 0 Å². The SMILES string of the molecule is CCc1cc[cH-]c1.[Li+]. The van der Waals surface area contributed by atoms with Gasteiger partial charge in [-0.15, -0.1) is 0 Å². The summed E-state index contributed by atoms with van der Waals surface area (Å²) in [5.74, 6) is 0. The Morgan fingerprint density at radius 3 is 2.62 bits per heavy atom. The predicted octanol–water partition coefficient (Wildman–Crippen LogP) is -1.03. The molecule has 0 amide bonds. The van der Waals surface area contributed by atoms with E-state index in [-0.39, 0.29) is 18.9 Å². The summed E-state index contributed by atoms with van der Waals surface area (Å²) in [6.07, 6.45) is 1.16. The van der Waals surface area contributed by atoms with Crippen molar-refractivity contribution < 1.29 is 18.9 Å². The van der Waals surface area contributed by atoms with Crippen molar-refractivity contribution in [3.05, 3.63) is 29.8 Å². The van der Waals surface area contributed by atoms with Gasteiger partial charge in [-0.3, -0.25) is 0 Å². The van der Waals surface area contributed by atoms with Crippen LogP contribution in [0.5, 0.6) is 0 Å². The first-order chi connectivity index (χ1) is 3.43. The van der Waals surface area contributed by atoms with E-state index in [4.69, 9.17) is 0 Å². The van der Waals surface area contributed by atoms with Gasteiger partial charge in [-0.05, 0) is 0 Å². The van der Waals surface area contributed by atoms with Crippen molar-refractivity contribution in [2.24, 2.45) is 0 Å². The minimum absolute atomic E-state index is 0. The largest absolute Gasteiger partial charge is 1.00 e. The summed E-state index contributed by atoms with van der Waals surface area (Å²) >= 11 is 0. The summed E-state index contributed by atoms with van der Waals surface area (Å²) in [6, 6.07) is 8.41. The Hall–Kier alpha value is -0.0526. The third kappa shape index (κ3) is 1.82. The summed E-state index contributed by atoms with van der Waals surface area (Å²) < 4.78 is 0. The molecule has 38 valence electrons. The fourth-order valence-corrected chi connectivity index (χ4v) is 0.650. The zero-order valence-electron chi connectivity index (χ0n) is 5.52. The van der Waals surface area contributed by atoms with Crippen LogP contribution < -0.4 is 18.9 Å². The van der Waals surface area contributed by atoms with Crippen LogP contribution in [0.25, 0.3) is 0 Å². The molecular formula is C7H9Li. The molecule has 0 nitrogen and oxygen atoms in total. The van der Waals surface area contributed by atoms with Gasteiger partial charge in [0.2, 0.25) is 0 Å². The molecule has 1 aromatic carbocycles. The van der Waals surface area contributed by atoms with E-state index in [2.05, 4.69) is 31.2 Å². The predicted molar refractivity (Wildman–Crippen MR) is 31.4 cm³/mol. The van der Waals surface area contributed by atoms with E-state index >= 15 is 0 Å². The molecular weight excluding hydrogens is 91.0 g/mol. The first kappa shape index (κ1) is 7.95. The van der Waals surface area contributed by atoms with Gasteiger partial charge in [0.1, 0.15) is 0 Å². The number of aryl methyl sites for hydroxylation is 1. The fraction of sp³-hybridized carbons (Fsp3) is 0.286. The van der Waals surface area contributed by atoms with Crippen molar-refractivity contribution in [2.75, 3.05) is 0 Å². The summed E-state index contributed by atoms with van der Waals surface area (Å²) in [7, 11) is 0. The van der Waals surface area contributed by atoms with Crippen LogP contribution in [0.15, 0.2) is 24.3 Å². The molecule has 1 heteroatoms. The Labute approximate surface area is 62.4 Å². The molecule has 0 aromatic heterocycles. The van der Waals surface area contributed by atoms with Gasteiger partial charge in [0.15, 0.2) is 0 Å². The summed E-state index contributed by atoms with van der Waals surface area (Å²) in [6.45, 7) is 2.16. The van der Waals surface area contributed by atoms with Crippen LogP contribution in [-0.2, 0) is 6.42 Å². The maximum Gasteiger partial charge on any atom is 1.00 e. The van der Waals surface area contributed by atoms with E-state index in [0.29, 0.717) is 0 Å². The van der Waals surface area contributed by atoms with Crippen molar-refractivity contribution in [1.82, 2.24) is 0 Å². The second kappa shape index (κ2) is 3.89. The van der Waals surface area contributed by atoms with Crippen molar-refractivity contribution in [3.63, 3.8) is 0 Å². The fourth-order valence-electron chi connectivity index (χ4n) is 0.650. The van der Waals surface area contributed by atoms with Crippen molar-refractivity contribution in [3.8, 4) is 0 Å². The zero-order valence-corrected chi connectivity index (χ0v) is 5.52. The third-order valence-electron chi connectivity index (χ3n) is 1.14. The minimum Gasteiger partial charge on any atom is -0.211 e. The van der Waals surface area contributed by atoms with E-state index in [1.807, 2.05) is 0 Å². The van der Waals surface area contributed by atoms with Gasteiger partial charge in [-0.1, -0.05) is 13.3 Å². The Bertz CT molecular complexity index is 119. The van der Waals surface area contributed by atoms with E-state index in [9.17, 15) is 0 Å². The molecule has 0 heterocycles. The summed E-state index contributed by atoms with van der Waals surface area (Å²) in [5.41, 5.74) is 1.43. The molecule has 1 aromatic rings. The topological polar surface area (TPSA) is 0 Å². The van der Waals surface area contributed by atoms with Crippen molar-refractivity contribution in [1.29, 1.82) is 0 Å². The molecule has 0 N–H and O–H groups in total. The average molecular weight is 100 g/mol.